The fourth-order valence-corrected chi connectivity index (χ4v) is 2.53. The number of piperidine rings is 1. The molecule has 0 saturated carbocycles. The molecule has 1 aliphatic heterocycles. The Hall–Kier alpha value is -2.33. The molecule has 1 fully saturated rings. The molecule has 0 radical (unpaired) electrons. The van der Waals surface area contributed by atoms with Gasteiger partial charge in [0.15, 0.2) is 0 Å². The summed E-state index contributed by atoms with van der Waals surface area (Å²) in [5.41, 5.74) is 1.87. The molecule has 0 aromatic heterocycles. The van der Waals surface area contributed by atoms with Crippen LogP contribution in [0.25, 0.3) is 0 Å². The van der Waals surface area contributed by atoms with E-state index in [-0.39, 0.29) is 5.75 Å². The lowest BCUT2D eigenvalue weighted by Crippen LogP contribution is -2.28. The van der Waals surface area contributed by atoms with E-state index in [9.17, 15) is 4.79 Å². The van der Waals surface area contributed by atoms with Crippen LogP contribution in [0.15, 0.2) is 48.5 Å². The molecule has 2 N–H and O–H groups in total. The van der Waals surface area contributed by atoms with Gasteiger partial charge in [0, 0.05) is 12.1 Å². The van der Waals surface area contributed by atoms with E-state index in [4.69, 9.17) is 10.2 Å². The van der Waals surface area contributed by atoms with Crippen LogP contribution in [0.3, 0.4) is 0 Å². The Morgan fingerprint density at radius 3 is 1.87 bits per heavy atom. The zero-order valence-corrected chi connectivity index (χ0v) is 13.2. The minimum absolute atomic E-state index is 0.181. The van der Waals surface area contributed by atoms with Gasteiger partial charge < -0.3 is 10.2 Å². The molecule has 0 unspecified atom stereocenters. The maximum atomic E-state index is 10.0. The largest absolute Gasteiger partial charge is 0.508 e. The molecule has 0 spiro atoms. The number of aromatic hydroxyl groups is 2. The summed E-state index contributed by atoms with van der Waals surface area (Å²) in [6.45, 7) is 3.47. The van der Waals surface area contributed by atoms with E-state index in [1.165, 1.54) is 50.0 Å². The first-order valence-electron chi connectivity index (χ1n) is 7.92. The highest BCUT2D eigenvalue weighted by Gasteiger charge is 2.09. The Bertz CT molecular complexity index is 587. The van der Waals surface area contributed by atoms with Crippen molar-refractivity contribution >= 4 is 6.29 Å². The van der Waals surface area contributed by atoms with E-state index >= 15 is 0 Å². The van der Waals surface area contributed by atoms with Gasteiger partial charge in [-0.1, -0.05) is 18.6 Å². The van der Waals surface area contributed by atoms with Crippen molar-refractivity contribution in [2.24, 2.45) is 0 Å². The number of phenolic OH excluding ortho intramolecular Hbond substituents is 2. The van der Waals surface area contributed by atoms with Crippen molar-refractivity contribution in [1.82, 2.24) is 4.90 Å². The molecular formula is C19H23NO3. The van der Waals surface area contributed by atoms with Gasteiger partial charge in [0.1, 0.15) is 17.8 Å². The predicted molar refractivity (Wildman–Crippen MR) is 90.7 cm³/mol. The average molecular weight is 313 g/mol. The fourth-order valence-electron chi connectivity index (χ4n) is 2.53. The predicted octanol–water partition coefficient (Wildman–Crippen LogP) is 3.58. The van der Waals surface area contributed by atoms with Gasteiger partial charge in [-0.3, -0.25) is 9.69 Å². The lowest BCUT2D eigenvalue weighted by atomic mass is 10.1. The average Bonchev–Trinajstić information content (AvgIpc) is 2.59. The molecule has 3 rings (SSSR count). The van der Waals surface area contributed by atoms with Crippen LogP contribution in [0.4, 0.5) is 0 Å². The van der Waals surface area contributed by atoms with Crippen LogP contribution in [0.5, 0.6) is 11.5 Å². The summed E-state index contributed by atoms with van der Waals surface area (Å²) < 4.78 is 0. The van der Waals surface area contributed by atoms with Crippen molar-refractivity contribution in [3.05, 3.63) is 59.7 Å². The number of hydrogen-bond donors (Lipinski definition) is 2. The Balaban J connectivity index is 0.000000185. The zero-order chi connectivity index (χ0) is 16.5. The number of carbonyl (C=O) groups excluding carboxylic acids is 1. The number of nitrogens with zero attached hydrogens (tertiary/aromatic N) is 1. The van der Waals surface area contributed by atoms with Crippen molar-refractivity contribution in [1.29, 1.82) is 0 Å². The maximum Gasteiger partial charge on any atom is 0.150 e. The van der Waals surface area contributed by atoms with E-state index in [0.717, 1.165) is 12.8 Å². The summed E-state index contributed by atoms with van der Waals surface area (Å²) in [5.74, 6) is 0.535. The molecule has 1 aliphatic rings. The van der Waals surface area contributed by atoms with Crippen LogP contribution in [-0.2, 0) is 6.54 Å². The number of aldehydes is 1. The highest BCUT2D eigenvalue weighted by molar-refractivity contribution is 5.74. The second kappa shape index (κ2) is 8.96. The van der Waals surface area contributed by atoms with Crippen LogP contribution in [0.2, 0.25) is 0 Å². The van der Waals surface area contributed by atoms with Crippen molar-refractivity contribution in [3.8, 4) is 11.5 Å². The SMILES string of the molecule is O=Cc1ccc(O)cc1.Oc1ccc(CN2CCCCC2)cc1. The maximum absolute atomic E-state index is 10.0. The van der Waals surface area contributed by atoms with Gasteiger partial charge in [0.25, 0.3) is 0 Å². The van der Waals surface area contributed by atoms with Crippen molar-refractivity contribution in [2.45, 2.75) is 25.8 Å². The monoisotopic (exact) mass is 313 g/mol. The summed E-state index contributed by atoms with van der Waals surface area (Å²) in [6.07, 6.45) is 4.78. The molecule has 2 aromatic carbocycles. The first kappa shape index (κ1) is 17.0. The van der Waals surface area contributed by atoms with Crippen LogP contribution < -0.4 is 0 Å². The van der Waals surface area contributed by atoms with Gasteiger partial charge in [-0.2, -0.15) is 0 Å². The third kappa shape index (κ3) is 6.12. The molecule has 0 atom stereocenters. The molecular weight excluding hydrogens is 290 g/mol. The molecule has 23 heavy (non-hydrogen) atoms. The van der Waals surface area contributed by atoms with Gasteiger partial charge in [-0.25, -0.2) is 0 Å². The molecule has 1 saturated heterocycles. The molecule has 122 valence electrons. The summed E-state index contributed by atoms with van der Waals surface area (Å²) in [5, 5.41) is 17.9. The van der Waals surface area contributed by atoms with E-state index in [1.807, 2.05) is 12.1 Å². The number of phenols is 2. The second-order valence-electron chi connectivity index (χ2n) is 5.71. The van der Waals surface area contributed by atoms with Gasteiger partial charge in [0.2, 0.25) is 0 Å². The summed E-state index contributed by atoms with van der Waals surface area (Å²) in [4.78, 5) is 12.5. The van der Waals surface area contributed by atoms with Crippen molar-refractivity contribution in [2.75, 3.05) is 13.1 Å². The molecule has 0 aliphatic carbocycles. The normalized spacial score (nSPS) is 14.6. The summed E-state index contributed by atoms with van der Waals surface area (Å²) in [7, 11) is 0. The standard InChI is InChI=1S/C12H17NO.C7H6O2/c14-12-6-4-11(5-7-12)10-13-8-2-1-3-9-13;8-5-6-1-3-7(9)4-2-6/h4-7,14H,1-3,8-10H2;1-5,9H. The zero-order valence-electron chi connectivity index (χ0n) is 13.2. The first-order valence-corrected chi connectivity index (χ1v) is 7.92. The van der Waals surface area contributed by atoms with Crippen LogP contribution in [0.1, 0.15) is 35.2 Å². The molecule has 0 bridgehead atoms. The van der Waals surface area contributed by atoms with Crippen molar-refractivity contribution in [3.63, 3.8) is 0 Å². The minimum Gasteiger partial charge on any atom is -0.508 e. The van der Waals surface area contributed by atoms with Crippen molar-refractivity contribution < 1.29 is 15.0 Å². The number of rotatable bonds is 3. The van der Waals surface area contributed by atoms with Gasteiger partial charge in [-0.05, 0) is 67.9 Å². The number of carbonyl (C=O) groups is 1. The van der Waals surface area contributed by atoms with E-state index in [2.05, 4.69) is 4.90 Å². The Morgan fingerprint density at radius 2 is 1.35 bits per heavy atom. The van der Waals surface area contributed by atoms with Gasteiger partial charge in [0.05, 0.1) is 0 Å². The highest BCUT2D eigenvalue weighted by atomic mass is 16.3. The van der Waals surface area contributed by atoms with Gasteiger partial charge >= 0.3 is 0 Å². The smallest absolute Gasteiger partial charge is 0.150 e. The lowest BCUT2D eigenvalue weighted by Gasteiger charge is -2.26. The van der Waals surface area contributed by atoms with Gasteiger partial charge in [-0.15, -0.1) is 0 Å². The Labute approximate surface area is 137 Å². The van der Waals surface area contributed by atoms with Crippen LogP contribution >= 0.6 is 0 Å². The molecule has 4 heteroatoms. The summed E-state index contributed by atoms with van der Waals surface area (Å²) in [6, 6.07) is 13.6. The summed E-state index contributed by atoms with van der Waals surface area (Å²) >= 11 is 0. The topological polar surface area (TPSA) is 60.8 Å². The quantitative estimate of drug-likeness (QED) is 0.850. The third-order valence-electron chi connectivity index (χ3n) is 3.82. The lowest BCUT2D eigenvalue weighted by molar-refractivity contribution is 0.112. The molecule has 2 aromatic rings. The van der Waals surface area contributed by atoms with E-state index < -0.39 is 0 Å². The van der Waals surface area contributed by atoms with Crippen LogP contribution in [0, 0.1) is 0 Å². The minimum atomic E-state index is 0.181. The number of hydrogen-bond acceptors (Lipinski definition) is 4. The highest BCUT2D eigenvalue weighted by Crippen LogP contribution is 2.15. The third-order valence-corrected chi connectivity index (χ3v) is 3.82. The first-order chi connectivity index (χ1) is 11.2. The fraction of sp³-hybridized carbons (Fsp3) is 0.316. The molecule has 1 heterocycles. The Morgan fingerprint density at radius 1 is 0.826 bits per heavy atom. The van der Waals surface area contributed by atoms with E-state index in [0.29, 0.717) is 11.3 Å². The number of likely N-dealkylation sites (tertiary alicyclic amines) is 1. The molecule has 0 amide bonds. The second-order valence-corrected chi connectivity index (χ2v) is 5.71. The van der Waals surface area contributed by atoms with E-state index in [1.54, 1.807) is 24.3 Å². The van der Waals surface area contributed by atoms with Crippen LogP contribution in [-0.4, -0.2) is 34.5 Å². The Kier molecular flexibility index (Phi) is 6.63. The number of benzene rings is 2. The molecule has 4 nitrogen and oxygen atoms in total.